The highest BCUT2D eigenvalue weighted by atomic mass is 16.5. The predicted molar refractivity (Wildman–Crippen MR) is 106 cm³/mol. The normalized spacial score (nSPS) is 11.6. The fourth-order valence-electron chi connectivity index (χ4n) is 2.57. The second kappa shape index (κ2) is 8.98. The van der Waals surface area contributed by atoms with Gasteiger partial charge in [0, 0.05) is 11.8 Å². The van der Waals surface area contributed by atoms with Gasteiger partial charge in [-0.05, 0) is 28.8 Å². The smallest absolute Gasteiger partial charge is 0.243 e. The standard InChI is InChI=1S/C22H22N2O3/c23-21(14-25)22(26)24-19-7-4-8-20(13-19)27-15-16-9-11-18(12-10-16)17-5-2-1-3-6-17/h1-13,21,25H,14-15,23H2,(H,24,26). The number of aliphatic hydroxyl groups is 1. The van der Waals surface area contributed by atoms with Gasteiger partial charge in [-0.1, -0.05) is 60.7 Å². The monoisotopic (exact) mass is 362 g/mol. The van der Waals surface area contributed by atoms with Crippen molar-refractivity contribution in [3.05, 3.63) is 84.4 Å². The molecule has 0 radical (unpaired) electrons. The van der Waals surface area contributed by atoms with Crippen molar-refractivity contribution >= 4 is 11.6 Å². The molecule has 0 saturated carbocycles. The lowest BCUT2D eigenvalue weighted by Crippen LogP contribution is -2.38. The van der Waals surface area contributed by atoms with Gasteiger partial charge in [-0.3, -0.25) is 4.79 Å². The van der Waals surface area contributed by atoms with Crippen LogP contribution in [0.25, 0.3) is 11.1 Å². The number of hydrogen-bond donors (Lipinski definition) is 3. The number of hydrogen-bond acceptors (Lipinski definition) is 4. The summed E-state index contributed by atoms with van der Waals surface area (Å²) in [6.07, 6.45) is 0. The molecule has 0 aliphatic rings. The Morgan fingerprint density at radius 3 is 2.37 bits per heavy atom. The first-order valence-corrected chi connectivity index (χ1v) is 8.70. The topological polar surface area (TPSA) is 84.6 Å². The molecule has 0 aromatic heterocycles. The minimum atomic E-state index is -0.947. The van der Waals surface area contributed by atoms with Gasteiger partial charge in [0.05, 0.1) is 6.61 Å². The molecular formula is C22H22N2O3. The predicted octanol–water partition coefficient (Wildman–Crippen LogP) is 3.19. The Labute approximate surface area is 158 Å². The Kier molecular flexibility index (Phi) is 6.20. The maximum atomic E-state index is 11.7. The molecule has 3 rings (SSSR count). The minimum absolute atomic E-state index is 0.402. The largest absolute Gasteiger partial charge is 0.489 e. The van der Waals surface area contributed by atoms with Crippen molar-refractivity contribution in [3.8, 4) is 16.9 Å². The summed E-state index contributed by atoms with van der Waals surface area (Å²) < 4.78 is 5.81. The van der Waals surface area contributed by atoms with Crippen molar-refractivity contribution in [3.63, 3.8) is 0 Å². The second-order valence-corrected chi connectivity index (χ2v) is 6.16. The number of carbonyl (C=O) groups is 1. The van der Waals surface area contributed by atoms with Gasteiger partial charge < -0.3 is 20.9 Å². The SMILES string of the molecule is NC(CO)C(=O)Nc1cccc(OCc2ccc(-c3ccccc3)cc2)c1. The van der Waals surface area contributed by atoms with E-state index in [2.05, 4.69) is 29.6 Å². The average Bonchev–Trinajstić information content (AvgIpc) is 2.73. The maximum absolute atomic E-state index is 11.7. The molecule has 1 atom stereocenters. The molecule has 3 aromatic rings. The number of anilines is 1. The van der Waals surface area contributed by atoms with Crippen LogP contribution < -0.4 is 15.8 Å². The summed E-state index contributed by atoms with van der Waals surface area (Å²) in [6.45, 7) is 0.0175. The Morgan fingerprint density at radius 2 is 1.67 bits per heavy atom. The summed E-state index contributed by atoms with van der Waals surface area (Å²) >= 11 is 0. The first kappa shape index (κ1) is 18.6. The van der Waals surface area contributed by atoms with Gasteiger partial charge in [0.2, 0.25) is 5.91 Å². The van der Waals surface area contributed by atoms with Gasteiger partial charge in [0.15, 0.2) is 0 Å². The van der Waals surface area contributed by atoms with Crippen molar-refractivity contribution in [2.24, 2.45) is 5.73 Å². The van der Waals surface area contributed by atoms with Crippen LogP contribution in [0.5, 0.6) is 5.75 Å². The van der Waals surface area contributed by atoms with E-state index in [4.69, 9.17) is 15.6 Å². The summed E-state index contributed by atoms with van der Waals surface area (Å²) in [5.74, 6) is 0.198. The lowest BCUT2D eigenvalue weighted by Gasteiger charge is -2.12. The Bertz CT molecular complexity index is 880. The minimum Gasteiger partial charge on any atom is -0.489 e. The Hall–Kier alpha value is -3.15. The Balaban J connectivity index is 1.60. The van der Waals surface area contributed by atoms with Gasteiger partial charge in [0.25, 0.3) is 0 Å². The van der Waals surface area contributed by atoms with Gasteiger partial charge in [-0.2, -0.15) is 0 Å². The van der Waals surface area contributed by atoms with Crippen LogP contribution in [-0.2, 0) is 11.4 Å². The average molecular weight is 362 g/mol. The molecule has 4 N–H and O–H groups in total. The maximum Gasteiger partial charge on any atom is 0.243 e. The number of nitrogens with one attached hydrogen (secondary N) is 1. The third-order valence-corrected chi connectivity index (χ3v) is 4.10. The molecule has 1 amide bonds. The first-order chi connectivity index (χ1) is 13.2. The number of ether oxygens (including phenoxy) is 1. The summed E-state index contributed by atoms with van der Waals surface area (Å²) in [5.41, 5.74) is 9.45. The molecule has 138 valence electrons. The van der Waals surface area contributed by atoms with Crippen molar-refractivity contribution in [2.45, 2.75) is 12.6 Å². The quantitative estimate of drug-likeness (QED) is 0.603. The van der Waals surface area contributed by atoms with Crippen molar-refractivity contribution in [1.82, 2.24) is 0 Å². The van der Waals surface area contributed by atoms with E-state index < -0.39 is 18.6 Å². The molecular weight excluding hydrogens is 340 g/mol. The number of nitrogens with two attached hydrogens (primary N) is 1. The number of carbonyl (C=O) groups excluding carboxylic acids is 1. The van der Waals surface area contributed by atoms with E-state index >= 15 is 0 Å². The lowest BCUT2D eigenvalue weighted by molar-refractivity contribution is -0.118. The molecule has 0 saturated heterocycles. The van der Waals surface area contributed by atoms with Crippen LogP contribution in [0.1, 0.15) is 5.56 Å². The van der Waals surface area contributed by atoms with Gasteiger partial charge in [-0.15, -0.1) is 0 Å². The third-order valence-electron chi connectivity index (χ3n) is 4.10. The second-order valence-electron chi connectivity index (χ2n) is 6.16. The summed E-state index contributed by atoms with van der Waals surface area (Å²) in [4.78, 5) is 11.7. The van der Waals surface area contributed by atoms with Crippen molar-refractivity contribution in [2.75, 3.05) is 11.9 Å². The molecule has 3 aromatic carbocycles. The van der Waals surface area contributed by atoms with E-state index in [0.29, 0.717) is 18.0 Å². The van der Waals surface area contributed by atoms with Crippen LogP contribution in [0.2, 0.25) is 0 Å². The van der Waals surface area contributed by atoms with Crippen molar-refractivity contribution in [1.29, 1.82) is 0 Å². The molecule has 1 unspecified atom stereocenters. The number of amides is 1. The van der Waals surface area contributed by atoms with Crippen LogP contribution >= 0.6 is 0 Å². The highest BCUT2D eigenvalue weighted by Gasteiger charge is 2.12. The van der Waals surface area contributed by atoms with E-state index in [1.54, 1.807) is 18.2 Å². The zero-order valence-corrected chi connectivity index (χ0v) is 14.8. The fourth-order valence-corrected chi connectivity index (χ4v) is 2.57. The first-order valence-electron chi connectivity index (χ1n) is 8.70. The zero-order chi connectivity index (χ0) is 19.1. The van der Waals surface area contributed by atoms with E-state index in [-0.39, 0.29) is 0 Å². The number of aliphatic hydroxyl groups excluding tert-OH is 1. The molecule has 0 fully saturated rings. The van der Waals surface area contributed by atoms with Crippen LogP contribution in [0, 0.1) is 0 Å². The molecule has 0 spiro atoms. The number of benzene rings is 3. The summed E-state index contributed by atoms with van der Waals surface area (Å²) in [7, 11) is 0. The molecule has 27 heavy (non-hydrogen) atoms. The zero-order valence-electron chi connectivity index (χ0n) is 14.8. The van der Waals surface area contributed by atoms with Crippen molar-refractivity contribution < 1.29 is 14.6 Å². The van der Waals surface area contributed by atoms with Gasteiger partial charge >= 0.3 is 0 Å². The van der Waals surface area contributed by atoms with Gasteiger partial charge in [0.1, 0.15) is 18.4 Å². The van der Waals surface area contributed by atoms with Crippen LogP contribution in [0.15, 0.2) is 78.9 Å². The fraction of sp³-hybridized carbons (Fsp3) is 0.136. The number of rotatable bonds is 7. The molecule has 0 heterocycles. The molecule has 5 nitrogen and oxygen atoms in total. The van der Waals surface area contributed by atoms with Crippen LogP contribution in [-0.4, -0.2) is 23.7 Å². The Morgan fingerprint density at radius 1 is 0.963 bits per heavy atom. The highest BCUT2D eigenvalue weighted by molar-refractivity contribution is 5.94. The third kappa shape index (κ3) is 5.17. The van der Waals surface area contributed by atoms with Crippen LogP contribution in [0.4, 0.5) is 5.69 Å². The van der Waals surface area contributed by atoms with E-state index in [9.17, 15) is 4.79 Å². The molecule has 0 bridgehead atoms. The summed E-state index contributed by atoms with van der Waals surface area (Å²) in [6, 6.07) is 24.5. The molecule has 0 aliphatic carbocycles. The van der Waals surface area contributed by atoms with E-state index in [1.165, 1.54) is 5.56 Å². The highest BCUT2D eigenvalue weighted by Crippen LogP contribution is 2.21. The van der Waals surface area contributed by atoms with Gasteiger partial charge in [-0.25, -0.2) is 0 Å². The van der Waals surface area contributed by atoms with E-state index in [0.717, 1.165) is 11.1 Å². The summed E-state index contributed by atoms with van der Waals surface area (Å²) in [5, 5.41) is 11.6. The van der Waals surface area contributed by atoms with E-state index in [1.807, 2.05) is 36.4 Å². The van der Waals surface area contributed by atoms with Crippen LogP contribution in [0.3, 0.4) is 0 Å². The molecule has 5 heteroatoms. The molecule has 0 aliphatic heterocycles. The lowest BCUT2D eigenvalue weighted by atomic mass is 10.0.